The van der Waals surface area contributed by atoms with Gasteiger partial charge in [0.2, 0.25) is 0 Å². The molecule has 0 atom stereocenters. The Kier molecular flexibility index (Phi) is 4.11. The Bertz CT molecular complexity index is 297. The van der Waals surface area contributed by atoms with Gasteiger partial charge in [-0.05, 0) is 25.7 Å². The standard InChI is InChI=1S/C12H17BrO/c1-8(2)10-5-4-9(3)11(6-10)12(14)7-13/h6,8H,4-5,7H2,1-3H3. The van der Waals surface area contributed by atoms with E-state index < -0.39 is 0 Å². The molecule has 0 unspecified atom stereocenters. The molecule has 1 aliphatic rings. The van der Waals surface area contributed by atoms with Crippen LogP contribution in [0.2, 0.25) is 0 Å². The van der Waals surface area contributed by atoms with Crippen molar-refractivity contribution in [2.75, 3.05) is 5.33 Å². The van der Waals surface area contributed by atoms with Crippen molar-refractivity contribution in [3.05, 3.63) is 22.8 Å². The minimum atomic E-state index is 0.209. The van der Waals surface area contributed by atoms with Crippen LogP contribution in [0.5, 0.6) is 0 Å². The number of ketones is 1. The summed E-state index contributed by atoms with van der Waals surface area (Å²) in [5.41, 5.74) is 3.57. The first-order valence-corrected chi connectivity index (χ1v) is 6.17. The normalized spacial score (nSPS) is 17.4. The maximum atomic E-state index is 11.6. The molecule has 0 saturated heterocycles. The first-order chi connectivity index (χ1) is 6.56. The quantitative estimate of drug-likeness (QED) is 0.705. The zero-order chi connectivity index (χ0) is 10.7. The zero-order valence-corrected chi connectivity index (χ0v) is 10.6. The van der Waals surface area contributed by atoms with E-state index >= 15 is 0 Å². The largest absolute Gasteiger partial charge is 0.293 e. The van der Waals surface area contributed by atoms with Crippen molar-refractivity contribution in [1.29, 1.82) is 0 Å². The molecule has 0 bridgehead atoms. The molecule has 2 heteroatoms. The Morgan fingerprint density at radius 2 is 2.14 bits per heavy atom. The molecule has 0 aromatic rings. The zero-order valence-electron chi connectivity index (χ0n) is 9.06. The lowest BCUT2D eigenvalue weighted by Crippen LogP contribution is -2.10. The van der Waals surface area contributed by atoms with Crippen LogP contribution in [0, 0.1) is 5.92 Å². The molecule has 0 spiro atoms. The summed E-state index contributed by atoms with van der Waals surface area (Å²) < 4.78 is 0. The van der Waals surface area contributed by atoms with Crippen LogP contribution in [0.4, 0.5) is 0 Å². The van der Waals surface area contributed by atoms with Gasteiger partial charge in [-0.3, -0.25) is 4.79 Å². The summed E-state index contributed by atoms with van der Waals surface area (Å²) in [5, 5.41) is 0.432. The molecule has 0 amide bonds. The van der Waals surface area contributed by atoms with Gasteiger partial charge in [0.15, 0.2) is 5.78 Å². The number of alkyl halides is 1. The lowest BCUT2D eigenvalue weighted by atomic mass is 9.86. The van der Waals surface area contributed by atoms with Gasteiger partial charge in [0.05, 0.1) is 5.33 Å². The molecule has 78 valence electrons. The number of hydrogen-bond acceptors (Lipinski definition) is 1. The number of Topliss-reactive ketones (excluding diaryl/α,β-unsaturated/α-hetero) is 1. The second kappa shape index (κ2) is 4.92. The number of carbonyl (C=O) groups excluding carboxylic acids is 1. The Balaban J connectivity index is 2.96. The SMILES string of the molecule is CC1=C(C(=O)CBr)C=C(C(C)C)CC1. The van der Waals surface area contributed by atoms with E-state index in [1.165, 1.54) is 11.1 Å². The Labute approximate surface area is 94.4 Å². The molecule has 0 fully saturated rings. The van der Waals surface area contributed by atoms with E-state index in [0.29, 0.717) is 11.2 Å². The molecule has 0 radical (unpaired) electrons. The number of rotatable bonds is 3. The highest BCUT2D eigenvalue weighted by Gasteiger charge is 2.16. The molecule has 0 aromatic carbocycles. The molecule has 0 N–H and O–H groups in total. The topological polar surface area (TPSA) is 17.1 Å². The Morgan fingerprint density at radius 1 is 1.50 bits per heavy atom. The van der Waals surface area contributed by atoms with Gasteiger partial charge < -0.3 is 0 Å². The number of carbonyl (C=O) groups is 1. The predicted molar refractivity (Wildman–Crippen MR) is 63.7 cm³/mol. The maximum absolute atomic E-state index is 11.6. The molecule has 0 aliphatic heterocycles. The van der Waals surface area contributed by atoms with E-state index in [-0.39, 0.29) is 5.78 Å². The van der Waals surface area contributed by atoms with E-state index in [4.69, 9.17) is 0 Å². The fraction of sp³-hybridized carbons (Fsp3) is 0.583. The molecular weight excluding hydrogens is 240 g/mol. The summed E-state index contributed by atoms with van der Waals surface area (Å²) in [6.45, 7) is 6.43. The number of hydrogen-bond donors (Lipinski definition) is 0. The third kappa shape index (κ3) is 2.57. The van der Waals surface area contributed by atoms with Crippen LogP contribution >= 0.6 is 15.9 Å². The van der Waals surface area contributed by atoms with Crippen molar-refractivity contribution in [2.45, 2.75) is 33.6 Å². The van der Waals surface area contributed by atoms with Gasteiger partial charge in [-0.1, -0.05) is 47.0 Å². The Hall–Kier alpha value is -0.370. The van der Waals surface area contributed by atoms with Gasteiger partial charge in [0, 0.05) is 5.57 Å². The highest BCUT2D eigenvalue weighted by atomic mass is 79.9. The van der Waals surface area contributed by atoms with Crippen LogP contribution in [0.15, 0.2) is 22.8 Å². The number of halogens is 1. The summed E-state index contributed by atoms with van der Waals surface area (Å²) in [6, 6.07) is 0. The van der Waals surface area contributed by atoms with Gasteiger partial charge >= 0.3 is 0 Å². The van der Waals surface area contributed by atoms with Crippen LogP contribution in [-0.2, 0) is 4.79 Å². The van der Waals surface area contributed by atoms with E-state index in [9.17, 15) is 4.79 Å². The van der Waals surface area contributed by atoms with Gasteiger partial charge in [-0.25, -0.2) is 0 Å². The summed E-state index contributed by atoms with van der Waals surface area (Å²) in [6.07, 6.45) is 4.24. The maximum Gasteiger partial charge on any atom is 0.173 e. The van der Waals surface area contributed by atoms with Gasteiger partial charge in [0.25, 0.3) is 0 Å². The minimum Gasteiger partial charge on any atom is -0.293 e. The lowest BCUT2D eigenvalue weighted by Gasteiger charge is -2.19. The second-order valence-electron chi connectivity index (χ2n) is 4.12. The van der Waals surface area contributed by atoms with Gasteiger partial charge in [-0.2, -0.15) is 0 Å². The fourth-order valence-corrected chi connectivity index (χ4v) is 2.00. The molecule has 1 rings (SSSR count). The van der Waals surface area contributed by atoms with Crippen LogP contribution in [0.25, 0.3) is 0 Å². The van der Waals surface area contributed by atoms with Crippen molar-refractivity contribution >= 4 is 21.7 Å². The molecule has 0 aromatic heterocycles. The Morgan fingerprint density at radius 3 is 2.64 bits per heavy atom. The highest BCUT2D eigenvalue weighted by molar-refractivity contribution is 9.09. The van der Waals surface area contributed by atoms with Crippen molar-refractivity contribution in [3.8, 4) is 0 Å². The summed E-state index contributed by atoms with van der Waals surface area (Å²) in [7, 11) is 0. The van der Waals surface area contributed by atoms with Crippen LogP contribution in [0.1, 0.15) is 33.6 Å². The van der Waals surface area contributed by atoms with Crippen LogP contribution in [-0.4, -0.2) is 11.1 Å². The van der Waals surface area contributed by atoms with Crippen molar-refractivity contribution in [2.24, 2.45) is 5.92 Å². The van der Waals surface area contributed by atoms with Gasteiger partial charge in [-0.15, -0.1) is 0 Å². The lowest BCUT2D eigenvalue weighted by molar-refractivity contribution is -0.112. The average Bonchev–Trinajstić information content (AvgIpc) is 2.17. The first kappa shape index (κ1) is 11.7. The van der Waals surface area contributed by atoms with E-state index in [0.717, 1.165) is 18.4 Å². The molecule has 0 heterocycles. The van der Waals surface area contributed by atoms with Crippen molar-refractivity contribution in [3.63, 3.8) is 0 Å². The van der Waals surface area contributed by atoms with Crippen molar-refractivity contribution < 1.29 is 4.79 Å². The van der Waals surface area contributed by atoms with Crippen LogP contribution < -0.4 is 0 Å². The average molecular weight is 257 g/mol. The molecule has 1 nitrogen and oxygen atoms in total. The molecule has 0 saturated carbocycles. The monoisotopic (exact) mass is 256 g/mol. The number of allylic oxidation sites excluding steroid dienone is 4. The molecule has 1 aliphatic carbocycles. The van der Waals surface area contributed by atoms with Gasteiger partial charge in [0.1, 0.15) is 0 Å². The van der Waals surface area contributed by atoms with E-state index in [2.05, 4.69) is 42.8 Å². The van der Waals surface area contributed by atoms with Crippen molar-refractivity contribution in [1.82, 2.24) is 0 Å². The third-order valence-corrected chi connectivity index (χ3v) is 3.25. The molecule has 14 heavy (non-hydrogen) atoms. The predicted octanol–water partition coefficient (Wildman–Crippen LogP) is 3.64. The summed E-state index contributed by atoms with van der Waals surface area (Å²) in [4.78, 5) is 11.6. The first-order valence-electron chi connectivity index (χ1n) is 5.05. The highest BCUT2D eigenvalue weighted by Crippen LogP contribution is 2.28. The summed E-state index contributed by atoms with van der Waals surface area (Å²) in [5.74, 6) is 0.765. The third-order valence-electron chi connectivity index (χ3n) is 2.74. The fourth-order valence-electron chi connectivity index (χ4n) is 1.69. The molecular formula is C12H17BrO. The van der Waals surface area contributed by atoms with Crippen LogP contribution in [0.3, 0.4) is 0 Å². The second-order valence-corrected chi connectivity index (χ2v) is 4.69. The minimum absolute atomic E-state index is 0.209. The van der Waals surface area contributed by atoms with E-state index in [1.54, 1.807) is 0 Å². The smallest absolute Gasteiger partial charge is 0.173 e. The van der Waals surface area contributed by atoms with E-state index in [1.807, 2.05) is 0 Å². The summed E-state index contributed by atoms with van der Waals surface area (Å²) >= 11 is 3.22.